The Hall–Kier alpha value is -1.47. The number of hydrogen-bond acceptors (Lipinski definition) is 3. The lowest BCUT2D eigenvalue weighted by atomic mass is 10.2. The van der Waals surface area contributed by atoms with Crippen molar-refractivity contribution >= 4 is 16.0 Å². The van der Waals surface area contributed by atoms with Crippen molar-refractivity contribution in [3.05, 3.63) is 29.6 Å². The lowest BCUT2D eigenvalue weighted by Crippen LogP contribution is -2.26. The van der Waals surface area contributed by atoms with Gasteiger partial charge in [-0.3, -0.25) is 4.79 Å². The van der Waals surface area contributed by atoms with Crippen molar-refractivity contribution in [2.75, 3.05) is 6.54 Å². The summed E-state index contributed by atoms with van der Waals surface area (Å²) in [5.41, 5.74) is 0.627. The van der Waals surface area contributed by atoms with Crippen LogP contribution in [0, 0.1) is 12.7 Å². The van der Waals surface area contributed by atoms with Gasteiger partial charge in [0.2, 0.25) is 10.0 Å². The van der Waals surface area contributed by atoms with Crippen LogP contribution >= 0.6 is 0 Å². The molecule has 0 aliphatic carbocycles. The summed E-state index contributed by atoms with van der Waals surface area (Å²) in [6, 6.07) is 3.79. The fourth-order valence-corrected chi connectivity index (χ4v) is 2.57. The maximum absolute atomic E-state index is 13.4. The van der Waals surface area contributed by atoms with Gasteiger partial charge in [-0.2, -0.15) is 0 Å². The van der Waals surface area contributed by atoms with Crippen molar-refractivity contribution in [1.82, 2.24) is 4.72 Å². The summed E-state index contributed by atoms with van der Waals surface area (Å²) in [6.45, 7) is 1.62. The number of aliphatic carboxylic acids is 1. The summed E-state index contributed by atoms with van der Waals surface area (Å²) in [5, 5.41) is 8.40. The number of sulfonamides is 1. The molecule has 0 radical (unpaired) electrons. The second-order valence-electron chi connectivity index (χ2n) is 3.83. The van der Waals surface area contributed by atoms with E-state index in [0.717, 1.165) is 6.07 Å². The maximum Gasteiger partial charge on any atom is 0.303 e. The predicted octanol–water partition coefficient (Wildman–Crippen LogP) is 1.28. The molecular weight excluding hydrogens is 261 g/mol. The fourth-order valence-electron chi connectivity index (χ4n) is 1.34. The van der Waals surface area contributed by atoms with E-state index >= 15 is 0 Å². The molecule has 100 valence electrons. The Balaban J connectivity index is 2.74. The van der Waals surface area contributed by atoms with E-state index in [1.54, 1.807) is 6.92 Å². The van der Waals surface area contributed by atoms with Gasteiger partial charge in [0.1, 0.15) is 10.7 Å². The van der Waals surface area contributed by atoms with Crippen LogP contribution in [0.4, 0.5) is 4.39 Å². The minimum absolute atomic E-state index is 0.0397. The van der Waals surface area contributed by atoms with Crippen LogP contribution in [-0.4, -0.2) is 26.0 Å². The highest BCUT2D eigenvalue weighted by atomic mass is 32.2. The van der Waals surface area contributed by atoms with Gasteiger partial charge in [0.25, 0.3) is 0 Å². The first-order chi connectivity index (χ1) is 8.33. The van der Waals surface area contributed by atoms with Crippen LogP contribution in [-0.2, 0) is 14.8 Å². The quantitative estimate of drug-likeness (QED) is 0.766. The van der Waals surface area contributed by atoms with Gasteiger partial charge in [-0.15, -0.1) is 0 Å². The molecule has 0 aliphatic heterocycles. The smallest absolute Gasteiger partial charge is 0.303 e. The average Bonchev–Trinajstić information content (AvgIpc) is 2.27. The summed E-state index contributed by atoms with van der Waals surface area (Å²) < 4.78 is 39.1. The number of halogens is 1. The van der Waals surface area contributed by atoms with Crippen LogP contribution in [0.1, 0.15) is 18.4 Å². The molecule has 0 heterocycles. The largest absolute Gasteiger partial charge is 0.481 e. The van der Waals surface area contributed by atoms with E-state index in [9.17, 15) is 17.6 Å². The zero-order valence-electron chi connectivity index (χ0n) is 9.81. The van der Waals surface area contributed by atoms with Crippen LogP contribution in [0.5, 0.6) is 0 Å². The molecule has 2 N–H and O–H groups in total. The first kappa shape index (κ1) is 14.6. The highest BCUT2D eigenvalue weighted by molar-refractivity contribution is 7.89. The van der Waals surface area contributed by atoms with Gasteiger partial charge in [-0.1, -0.05) is 6.07 Å². The Morgan fingerprint density at radius 3 is 2.72 bits per heavy atom. The van der Waals surface area contributed by atoms with Crippen molar-refractivity contribution < 1.29 is 22.7 Å². The zero-order chi connectivity index (χ0) is 13.8. The van der Waals surface area contributed by atoms with E-state index in [-0.39, 0.29) is 19.4 Å². The minimum atomic E-state index is -3.93. The number of hydrogen-bond donors (Lipinski definition) is 2. The lowest BCUT2D eigenvalue weighted by molar-refractivity contribution is -0.137. The van der Waals surface area contributed by atoms with Crippen LogP contribution < -0.4 is 4.72 Å². The Labute approximate surface area is 105 Å². The number of nitrogens with one attached hydrogen (secondary N) is 1. The van der Waals surface area contributed by atoms with Gasteiger partial charge < -0.3 is 5.11 Å². The number of aryl methyl sites for hydroxylation is 1. The number of benzene rings is 1. The third-order valence-corrected chi connectivity index (χ3v) is 3.71. The van der Waals surface area contributed by atoms with Crippen LogP contribution in [0.3, 0.4) is 0 Å². The predicted molar refractivity (Wildman–Crippen MR) is 63.2 cm³/mol. The van der Waals surface area contributed by atoms with Crippen LogP contribution in [0.2, 0.25) is 0 Å². The van der Waals surface area contributed by atoms with Gasteiger partial charge in [0.05, 0.1) is 0 Å². The normalized spacial score (nSPS) is 11.4. The molecule has 7 heteroatoms. The number of carboxylic acid groups (broad SMARTS) is 1. The summed E-state index contributed by atoms with van der Waals surface area (Å²) in [5.74, 6) is -1.83. The molecule has 18 heavy (non-hydrogen) atoms. The monoisotopic (exact) mass is 275 g/mol. The highest BCUT2D eigenvalue weighted by Crippen LogP contribution is 2.15. The van der Waals surface area contributed by atoms with Crippen molar-refractivity contribution in [3.63, 3.8) is 0 Å². The number of rotatable bonds is 6. The Morgan fingerprint density at radius 1 is 1.44 bits per heavy atom. The topological polar surface area (TPSA) is 83.5 Å². The van der Waals surface area contributed by atoms with Crippen molar-refractivity contribution in [2.24, 2.45) is 0 Å². The van der Waals surface area contributed by atoms with Gasteiger partial charge in [-0.05, 0) is 31.0 Å². The number of carbonyl (C=O) groups is 1. The van der Waals surface area contributed by atoms with Crippen molar-refractivity contribution in [3.8, 4) is 0 Å². The average molecular weight is 275 g/mol. The fraction of sp³-hybridized carbons (Fsp3) is 0.364. The molecule has 1 rings (SSSR count). The third-order valence-electron chi connectivity index (χ3n) is 2.24. The molecule has 5 nitrogen and oxygen atoms in total. The van der Waals surface area contributed by atoms with Gasteiger partial charge in [0, 0.05) is 13.0 Å². The highest BCUT2D eigenvalue weighted by Gasteiger charge is 2.18. The van der Waals surface area contributed by atoms with E-state index in [1.807, 2.05) is 0 Å². The summed E-state index contributed by atoms with van der Waals surface area (Å²) >= 11 is 0. The first-order valence-corrected chi connectivity index (χ1v) is 6.79. The molecule has 0 spiro atoms. The number of carboxylic acids is 1. The summed E-state index contributed by atoms with van der Waals surface area (Å²) in [7, 11) is -3.93. The standard InChI is InChI=1S/C11H14FNO4S/c1-8-4-5-9(12)10(7-8)18(16,17)13-6-2-3-11(14)15/h4-5,7,13H,2-3,6H2,1H3,(H,14,15). The molecule has 1 aromatic rings. The zero-order valence-corrected chi connectivity index (χ0v) is 10.6. The van der Waals surface area contributed by atoms with Crippen molar-refractivity contribution in [1.29, 1.82) is 0 Å². The van der Waals surface area contributed by atoms with Gasteiger partial charge in [-0.25, -0.2) is 17.5 Å². The minimum Gasteiger partial charge on any atom is -0.481 e. The third kappa shape index (κ3) is 4.08. The molecule has 0 fully saturated rings. The van der Waals surface area contributed by atoms with Gasteiger partial charge >= 0.3 is 5.97 Å². The second-order valence-corrected chi connectivity index (χ2v) is 5.56. The van der Waals surface area contributed by atoms with E-state index in [2.05, 4.69) is 4.72 Å². The summed E-state index contributed by atoms with van der Waals surface area (Å²) in [4.78, 5) is 9.84. The van der Waals surface area contributed by atoms with Crippen molar-refractivity contribution in [2.45, 2.75) is 24.7 Å². The maximum atomic E-state index is 13.4. The Morgan fingerprint density at radius 2 is 2.11 bits per heavy atom. The second kappa shape index (κ2) is 5.92. The molecule has 0 aliphatic rings. The molecule has 1 aromatic carbocycles. The molecule has 0 atom stereocenters. The molecule has 0 bridgehead atoms. The molecule has 0 amide bonds. The van der Waals surface area contributed by atoms with E-state index < -0.39 is 26.7 Å². The molecule has 0 saturated heterocycles. The molecular formula is C11H14FNO4S. The van der Waals surface area contributed by atoms with Gasteiger partial charge in [0.15, 0.2) is 0 Å². The molecule has 0 saturated carbocycles. The van der Waals surface area contributed by atoms with E-state index in [0.29, 0.717) is 5.56 Å². The molecule has 0 unspecified atom stereocenters. The lowest BCUT2D eigenvalue weighted by Gasteiger charge is -2.07. The SMILES string of the molecule is Cc1ccc(F)c(S(=O)(=O)NCCCC(=O)O)c1. The Kier molecular flexibility index (Phi) is 4.80. The molecule has 0 aromatic heterocycles. The van der Waals surface area contributed by atoms with E-state index in [1.165, 1.54) is 12.1 Å². The van der Waals surface area contributed by atoms with Crippen LogP contribution in [0.25, 0.3) is 0 Å². The summed E-state index contributed by atoms with van der Waals surface area (Å²) in [6.07, 6.45) is 0.0147. The Bertz CT molecular complexity index is 542. The first-order valence-electron chi connectivity index (χ1n) is 5.30. The van der Waals surface area contributed by atoms with Crippen LogP contribution in [0.15, 0.2) is 23.1 Å². The van der Waals surface area contributed by atoms with E-state index in [4.69, 9.17) is 5.11 Å².